The van der Waals surface area contributed by atoms with Gasteiger partial charge in [0.1, 0.15) is 11.9 Å². The van der Waals surface area contributed by atoms with Crippen molar-refractivity contribution in [1.82, 2.24) is 0 Å². The largest absolute Gasteiger partial charge is 0.480 e. The SMILES string of the molecule is O=C(O)C(Cc1ccccc1)Nc1ccc(F)cc1. The summed E-state index contributed by atoms with van der Waals surface area (Å²) in [5, 5.41) is 12.1. The Morgan fingerprint density at radius 3 is 2.32 bits per heavy atom. The summed E-state index contributed by atoms with van der Waals surface area (Å²) in [4.78, 5) is 11.2. The third-order valence-corrected chi connectivity index (χ3v) is 2.77. The topological polar surface area (TPSA) is 49.3 Å². The van der Waals surface area contributed by atoms with Gasteiger partial charge in [-0.2, -0.15) is 0 Å². The molecule has 19 heavy (non-hydrogen) atoms. The molecule has 1 atom stereocenters. The van der Waals surface area contributed by atoms with Gasteiger partial charge in [-0.05, 0) is 29.8 Å². The van der Waals surface area contributed by atoms with Crippen molar-refractivity contribution in [3.63, 3.8) is 0 Å². The van der Waals surface area contributed by atoms with E-state index in [-0.39, 0.29) is 5.82 Å². The normalized spacial score (nSPS) is 11.8. The number of benzene rings is 2. The molecule has 0 aromatic heterocycles. The van der Waals surface area contributed by atoms with Crippen molar-refractivity contribution >= 4 is 11.7 Å². The molecular weight excluding hydrogens is 245 g/mol. The summed E-state index contributed by atoms with van der Waals surface area (Å²) in [5.41, 5.74) is 1.52. The second kappa shape index (κ2) is 6.00. The molecule has 98 valence electrons. The Kier molecular flexibility index (Phi) is 4.13. The van der Waals surface area contributed by atoms with Crippen molar-refractivity contribution in [2.75, 3.05) is 5.32 Å². The Morgan fingerprint density at radius 1 is 1.11 bits per heavy atom. The average Bonchev–Trinajstić information content (AvgIpc) is 2.41. The van der Waals surface area contributed by atoms with E-state index in [4.69, 9.17) is 0 Å². The Labute approximate surface area is 110 Å². The first-order valence-electron chi connectivity index (χ1n) is 5.94. The van der Waals surface area contributed by atoms with Crippen molar-refractivity contribution in [2.24, 2.45) is 0 Å². The fourth-order valence-electron chi connectivity index (χ4n) is 1.80. The number of carboxylic acids is 1. The summed E-state index contributed by atoms with van der Waals surface area (Å²) >= 11 is 0. The van der Waals surface area contributed by atoms with Gasteiger partial charge >= 0.3 is 5.97 Å². The fourth-order valence-corrected chi connectivity index (χ4v) is 1.80. The molecule has 0 saturated heterocycles. The lowest BCUT2D eigenvalue weighted by atomic mass is 10.1. The summed E-state index contributed by atoms with van der Waals surface area (Å²) < 4.78 is 12.8. The summed E-state index contributed by atoms with van der Waals surface area (Å²) in [6.07, 6.45) is 0.369. The molecule has 0 bridgehead atoms. The van der Waals surface area contributed by atoms with Gasteiger partial charge in [-0.3, -0.25) is 0 Å². The van der Waals surface area contributed by atoms with Gasteiger partial charge in [0.05, 0.1) is 0 Å². The lowest BCUT2D eigenvalue weighted by molar-refractivity contribution is -0.137. The monoisotopic (exact) mass is 259 g/mol. The number of carbonyl (C=O) groups is 1. The average molecular weight is 259 g/mol. The molecule has 0 radical (unpaired) electrons. The van der Waals surface area contributed by atoms with E-state index < -0.39 is 12.0 Å². The standard InChI is InChI=1S/C15H14FNO2/c16-12-6-8-13(9-7-12)17-14(15(18)19)10-11-4-2-1-3-5-11/h1-9,14,17H,10H2,(H,18,19). The van der Waals surface area contributed by atoms with Gasteiger partial charge in [-0.15, -0.1) is 0 Å². The van der Waals surface area contributed by atoms with E-state index in [0.717, 1.165) is 5.56 Å². The predicted molar refractivity (Wildman–Crippen MR) is 71.6 cm³/mol. The summed E-state index contributed by atoms with van der Waals surface area (Å²) in [6.45, 7) is 0. The summed E-state index contributed by atoms with van der Waals surface area (Å²) in [5.74, 6) is -1.28. The maximum Gasteiger partial charge on any atom is 0.326 e. The zero-order chi connectivity index (χ0) is 13.7. The van der Waals surface area contributed by atoms with Crippen molar-refractivity contribution in [1.29, 1.82) is 0 Å². The molecule has 3 nitrogen and oxygen atoms in total. The predicted octanol–water partition coefficient (Wildman–Crippen LogP) is 2.93. The number of anilines is 1. The number of hydrogen-bond acceptors (Lipinski definition) is 2. The van der Waals surface area contributed by atoms with Crippen LogP contribution in [0.25, 0.3) is 0 Å². The van der Waals surface area contributed by atoms with Crippen LogP contribution in [0, 0.1) is 5.82 Å². The first kappa shape index (κ1) is 13.1. The van der Waals surface area contributed by atoms with E-state index in [1.807, 2.05) is 30.3 Å². The quantitative estimate of drug-likeness (QED) is 0.868. The van der Waals surface area contributed by atoms with Crippen molar-refractivity contribution < 1.29 is 14.3 Å². The van der Waals surface area contributed by atoms with Crippen LogP contribution in [0.1, 0.15) is 5.56 Å². The molecule has 0 spiro atoms. The van der Waals surface area contributed by atoms with Gasteiger partial charge in [-0.25, -0.2) is 9.18 Å². The van der Waals surface area contributed by atoms with Gasteiger partial charge in [-0.1, -0.05) is 30.3 Å². The minimum atomic E-state index is -0.937. The Hall–Kier alpha value is -2.36. The van der Waals surface area contributed by atoms with Crippen molar-refractivity contribution in [3.8, 4) is 0 Å². The van der Waals surface area contributed by atoms with E-state index in [2.05, 4.69) is 5.32 Å². The Bertz CT molecular complexity index is 540. The van der Waals surface area contributed by atoms with Crippen LogP contribution < -0.4 is 5.32 Å². The first-order chi connectivity index (χ1) is 9.15. The highest BCUT2D eigenvalue weighted by atomic mass is 19.1. The molecule has 0 aliphatic heterocycles. The van der Waals surface area contributed by atoms with Crippen LogP contribution in [0.5, 0.6) is 0 Å². The molecule has 0 saturated carbocycles. The second-order valence-corrected chi connectivity index (χ2v) is 4.23. The third-order valence-electron chi connectivity index (χ3n) is 2.77. The Morgan fingerprint density at radius 2 is 1.74 bits per heavy atom. The molecule has 2 N–H and O–H groups in total. The smallest absolute Gasteiger partial charge is 0.326 e. The van der Waals surface area contributed by atoms with Gasteiger partial charge in [0.15, 0.2) is 0 Å². The van der Waals surface area contributed by atoms with Crippen LogP contribution in [0.15, 0.2) is 54.6 Å². The molecular formula is C15H14FNO2. The zero-order valence-electron chi connectivity index (χ0n) is 10.2. The number of aliphatic carboxylic acids is 1. The molecule has 2 aromatic carbocycles. The lowest BCUT2D eigenvalue weighted by Gasteiger charge is -2.15. The van der Waals surface area contributed by atoms with E-state index in [1.165, 1.54) is 24.3 Å². The first-order valence-corrected chi connectivity index (χ1v) is 5.94. The van der Waals surface area contributed by atoms with E-state index in [1.54, 1.807) is 0 Å². The van der Waals surface area contributed by atoms with Gasteiger partial charge in [0, 0.05) is 12.1 Å². The number of nitrogens with one attached hydrogen (secondary N) is 1. The number of hydrogen-bond donors (Lipinski definition) is 2. The minimum Gasteiger partial charge on any atom is -0.480 e. The molecule has 0 amide bonds. The van der Waals surface area contributed by atoms with Crippen LogP contribution in [-0.4, -0.2) is 17.1 Å². The molecule has 1 unspecified atom stereocenters. The molecule has 0 heterocycles. The maximum absolute atomic E-state index is 12.8. The maximum atomic E-state index is 12.8. The lowest BCUT2D eigenvalue weighted by Crippen LogP contribution is -2.31. The van der Waals surface area contributed by atoms with Crippen molar-refractivity contribution in [2.45, 2.75) is 12.5 Å². The molecule has 4 heteroatoms. The highest BCUT2D eigenvalue weighted by Crippen LogP contribution is 2.12. The van der Waals surface area contributed by atoms with Crippen LogP contribution >= 0.6 is 0 Å². The van der Waals surface area contributed by atoms with Gasteiger partial charge in [0.2, 0.25) is 0 Å². The van der Waals surface area contributed by atoms with E-state index >= 15 is 0 Å². The Balaban J connectivity index is 2.08. The number of rotatable bonds is 5. The molecule has 0 aliphatic rings. The highest BCUT2D eigenvalue weighted by Gasteiger charge is 2.17. The minimum absolute atomic E-state index is 0.347. The van der Waals surface area contributed by atoms with Crippen molar-refractivity contribution in [3.05, 3.63) is 66.0 Å². The van der Waals surface area contributed by atoms with E-state index in [0.29, 0.717) is 12.1 Å². The number of halogens is 1. The third kappa shape index (κ3) is 3.81. The van der Waals surface area contributed by atoms with Crippen LogP contribution in [-0.2, 0) is 11.2 Å². The zero-order valence-corrected chi connectivity index (χ0v) is 10.2. The van der Waals surface area contributed by atoms with Crippen LogP contribution in [0.3, 0.4) is 0 Å². The van der Waals surface area contributed by atoms with Gasteiger partial charge < -0.3 is 10.4 Å². The summed E-state index contributed by atoms with van der Waals surface area (Å²) in [6, 6.07) is 14.3. The summed E-state index contributed by atoms with van der Waals surface area (Å²) in [7, 11) is 0. The van der Waals surface area contributed by atoms with Crippen LogP contribution in [0.4, 0.5) is 10.1 Å². The second-order valence-electron chi connectivity index (χ2n) is 4.23. The van der Waals surface area contributed by atoms with Crippen LogP contribution in [0.2, 0.25) is 0 Å². The molecule has 2 rings (SSSR count). The fraction of sp³-hybridized carbons (Fsp3) is 0.133. The molecule has 0 aliphatic carbocycles. The molecule has 0 fully saturated rings. The number of carboxylic acid groups (broad SMARTS) is 1. The van der Waals surface area contributed by atoms with Gasteiger partial charge in [0.25, 0.3) is 0 Å². The highest BCUT2D eigenvalue weighted by molar-refractivity contribution is 5.77. The molecule has 2 aromatic rings. The van der Waals surface area contributed by atoms with E-state index in [9.17, 15) is 14.3 Å².